The molecule has 0 amide bonds. The molecular weight excluding hydrogens is 456 g/mol. The Labute approximate surface area is 169 Å². The van der Waals surface area contributed by atoms with Gasteiger partial charge in [0.15, 0.2) is 11.6 Å². The number of benzene rings is 3. The van der Waals surface area contributed by atoms with Crippen LogP contribution in [0.2, 0.25) is 0 Å². The average Bonchev–Trinajstić information content (AvgIpc) is 2.62. The van der Waals surface area contributed by atoms with E-state index < -0.39 is 0 Å². The maximum Gasteiger partial charge on any atom is 0.167 e. The minimum absolute atomic E-state index is 0.0518. The first kappa shape index (κ1) is 18.7. The van der Waals surface area contributed by atoms with E-state index in [4.69, 9.17) is 0 Å². The van der Waals surface area contributed by atoms with Crippen molar-refractivity contribution in [3.63, 3.8) is 0 Å². The smallest absolute Gasteiger partial charge is 0.167 e. The van der Waals surface area contributed by atoms with Crippen molar-refractivity contribution in [2.75, 3.05) is 0 Å². The second-order valence-electron chi connectivity index (χ2n) is 6.04. The summed E-state index contributed by atoms with van der Waals surface area (Å²) in [4.78, 5) is 24.8. The van der Waals surface area contributed by atoms with Gasteiger partial charge >= 0.3 is 0 Å². The Morgan fingerprint density at radius 3 is 1.69 bits per heavy atom. The summed E-state index contributed by atoms with van der Waals surface area (Å²) < 4.78 is 1.87. The van der Waals surface area contributed by atoms with Crippen LogP contribution in [0.1, 0.15) is 31.8 Å². The van der Waals surface area contributed by atoms with Crippen molar-refractivity contribution < 1.29 is 9.59 Å². The zero-order chi connectivity index (χ0) is 18.5. The molecule has 0 heterocycles. The third-order valence-corrected chi connectivity index (χ3v) is 4.94. The van der Waals surface area contributed by atoms with E-state index in [2.05, 4.69) is 31.9 Å². The van der Waals surface area contributed by atoms with Gasteiger partial charge in [-0.2, -0.15) is 0 Å². The maximum absolute atomic E-state index is 12.5. The molecule has 3 rings (SSSR count). The molecule has 130 valence electrons. The van der Waals surface area contributed by atoms with Crippen LogP contribution in [0.25, 0.3) is 0 Å². The van der Waals surface area contributed by atoms with Crippen molar-refractivity contribution in [3.8, 4) is 0 Å². The Morgan fingerprint density at radius 2 is 1.12 bits per heavy atom. The van der Waals surface area contributed by atoms with Gasteiger partial charge in [0.1, 0.15) is 0 Å². The monoisotopic (exact) mass is 470 g/mol. The van der Waals surface area contributed by atoms with E-state index in [1.165, 1.54) is 0 Å². The van der Waals surface area contributed by atoms with Crippen molar-refractivity contribution in [2.45, 2.75) is 12.8 Å². The lowest BCUT2D eigenvalue weighted by Crippen LogP contribution is -2.06. The number of halogens is 2. The molecule has 0 unspecified atom stereocenters. The molecule has 26 heavy (non-hydrogen) atoms. The highest BCUT2D eigenvalue weighted by Crippen LogP contribution is 2.21. The van der Waals surface area contributed by atoms with Crippen LogP contribution < -0.4 is 0 Å². The average molecular weight is 472 g/mol. The fourth-order valence-corrected chi connectivity index (χ4v) is 4.11. The number of carbonyl (C=O) groups excluding carboxylic acids is 2. The SMILES string of the molecule is O=C(Cc1ccc(C(=O)Cc2cc(Br)cc(Br)c2)cc1)c1ccccc1. The van der Waals surface area contributed by atoms with Gasteiger partial charge in [-0.3, -0.25) is 9.59 Å². The number of carbonyl (C=O) groups is 2. The molecule has 0 aliphatic rings. The fourth-order valence-electron chi connectivity index (χ4n) is 2.72. The molecule has 0 saturated carbocycles. The molecular formula is C22H16Br2O2. The molecule has 0 N–H and O–H groups in total. The van der Waals surface area contributed by atoms with E-state index in [9.17, 15) is 9.59 Å². The first-order valence-electron chi connectivity index (χ1n) is 8.16. The number of hydrogen-bond acceptors (Lipinski definition) is 2. The Bertz CT molecular complexity index is 912. The van der Waals surface area contributed by atoms with Crippen molar-refractivity contribution in [2.24, 2.45) is 0 Å². The van der Waals surface area contributed by atoms with Gasteiger partial charge in [-0.25, -0.2) is 0 Å². The van der Waals surface area contributed by atoms with E-state index in [1.54, 1.807) is 12.1 Å². The Hall–Kier alpha value is -2.04. The van der Waals surface area contributed by atoms with E-state index in [-0.39, 0.29) is 11.6 Å². The molecule has 0 aromatic heterocycles. The molecule has 0 aliphatic heterocycles. The van der Waals surface area contributed by atoms with Crippen molar-refractivity contribution >= 4 is 43.4 Å². The Morgan fingerprint density at radius 1 is 0.615 bits per heavy atom. The molecule has 3 aromatic carbocycles. The summed E-state index contributed by atoms with van der Waals surface area (Å²) in [6.45, 7) is 0. The van der Waals surface area contributed by atoms with Gasteiger partial charge in [0.2, 0.25) is 0 Å². The Kier molecular flexibility index (Phi) is 6.17. The standard InChI is InChI=1S/C22H16Br2O2/c23-19-10-16(11-20(24)14-19)13-22(26)18-8-6-15(7-9-18)12-21(25)17-4-2-1-3-5-17/h1-11,14H,12-13H2. The molecule has 0 aliphatic carbocycles. The number of rotatable bonds is 6. The number of ketones is 2. The van der Waals surface area contributed by atoms with Gasteiger partial charge in [-0.05, 0) is 29.3 Å². The second kappa shape index (κ2) is 8.56. The summed E-state index contributed by atoms with van der Waals surface area (Å²) in [6.07, 6.45) is 0.664. The predicted molar refractivity (Wildman–Crippen MR) is 111 cm³/mol. The summed E-state index contributed by atoms with van der Waals surface area (Å²) >= 11 is 6.88. The first-order valence-corrected chi connectivity index (χ1v) is 9.75. The minimum Gasteiger partial charge on any atom is -0.294 e. The molecule has 0 saturated heterocycles. The highest BCUT2D eigenvalue weighted by atomic mass is 79.9. The van der Waals surface area contributed by atoms with E-state index >= 15 is 0 Å². The molecule has 0 spiro atoms. The highest BCUT2D eigenvalue weighted by Gasteiger charge is 2.10. The van der Waals surface area contributed by atoms with Crippen molar-refractivity contribution in [3.05, 3.63) is 104 Å². The van der Waals surface area contributed by atoms with Crippen LogP contribution in [0, 0.1) is 0 Å². The number of hydrogen-bond donors (Lipinski definition) is 0. The van der Waals surface area contributed by atoms with E-state index in [1.807, 2.05) is 60.7 Å². The topological polar surface area (TPSA) is 34.1 Å². The van der Waals surface area contributed by atoms with Gasteiger partial charge in [-0.1, -0.05) is 86.5 Å². The lowest BCUT2D eigenvalue weighted by atomic mass is 9.99. The van der Waals surface area contributed by atoms with Crippen LogP contribution in [0.3, 0.4) is 0 Å². The largest absolute Gasteiger partial charge is 0.294 e. The van der Waals surface area contributed by atoms with Crippen LogP contribution >= 0.6 is 31.9 Å². The molecule has 0 atom stereocenters. The predicted octanol–water partition coefficient (Wildman–Crippen LogP) is 6.06. The van der Waals surface area contributed by atoms with Crippen LogP contribution in [-0.2, 0) is 12.8 Å². The lowest BCUT2D eigenvalue weighted by molar-refractivity contribution is 0.0986. The zero-order valence-electron chi connectivity index (χ0n) is 13.9. The molecule has 3 aromatic rings. The van der Waals surface area contributed by atoms with Crippen LogP contribution in [0.5, 0.6) is 0 Å². The minimum atomic E-state index is 0.0518. The molecule has 2 nitrogen and oxygen atoms in total. The normalized spacial score (nSPS) is 10.5. The van der Waals surface area contributed by atoms with E-state index in [0.717, 1.165) is 20.1 Å². The third kappa shape index (κ3) is 4.99. The van der Waals surface area contributed by atoms with Crippen molar-refractivity contribution in [1.82, 2.24) is 0 Å². The zero-order valence-corrected chi connectivity index (χ0v) is 17.1. The van der Waals surface area contributed by atoms with Crippen LogP contribution in [0.15, 0.2) is 81.7 Å². The summed E-state index contributed by atoms with van der Waals surface area (Å²) in [5.74, 6) is 0.125. The van der Waals surface area contributed by atoms with E-state index in [0.29, 0.717) is 24.0 Å². The third-order valence-electron chi connectivity index (χ3n) is 4.02. The summed E-state index contributed by atoms with van der Waals surface area (Å²) in [7, 11) is 0. The van der Waals surface area contributed by atoms with Crippen molar-refractivity contribution in [1.29, 1.82) is 0 Å². The first-order chi connectivity index (χ1) is 12.5. The lowest BCUT2D eigenvalue weighted by Gasteiger charge is -2.06. The fraction of sp³-hybridized carbons (Fsp3) is 0.0909. The van der Waals surface area contributed by atoms with Gasteiger partial charge in [0.25, 0.3) is 0 Å². The molecule has 0 fully saturated rings. The molecule has 4 heteroatoms. The maximum atomic E-state index is 12.5. The number of Topliss-reactive ketones (excluding diaryl/α,β-unsaturated/α-hetero) is 2. The second-order valence-corrected chi connectivity index (χ2v) is 7.87. The summed E-state index contributed by atoms with van der Waals surface area (Å²) in [5, 5.41) is 0. The quantitative estimate of drug-likeness (QED) is 0.409. The Balaban J connectivity index is 1.67. The van der Waals surface area contributed by atoms with Crippen LogP contribution in [-0.4, -0.2) is 11.6 Å². The molecule has 0 bridgehead atoms. The molecule has 0 radical (unpaired) electrons. The van der Waals surface area contributed by atoms with Crippen LogP contribution in [0.4, 0.5) is 0 Å². The summed E-state index contributed by atoms with van der Waals surface area (Å²) in [6, 6.07) is 22.3. The van der Waals surface area contributed by atoms with Gasteiger partial charge < -0.3 is 0 Å². The van der Waals surface area contributed by atoms with Gasteiger partial charge in [0, 0.05) is 32.9 Å². The van der Waals surface area contributed by atoms with Gasteiger partial charge in [-0.15, -0.1) is 0 Å². The summed E-state index contributed by atoms with van der Waals surface area (Å²) in [5.41, 5.74) is 3.20. The van der Waals surface area contributed by atoms with Gasteiger partial charge in [0.05, 0.1) is 0 Å². The highest BCUT2D eigenvalue weighted by molar-refractivity contribution is 9.11.